The molecule has 0 saturated carbocycles. The standard InChI is InChI=1S/C10H8BrNO2/c1-8-4-5-10(12(13)14)9(7-8)3-2-6-11/h4-5,7H,6H2,1H3. The summed E-state index contributed by atoms with van der Waals surface area (Å²) in [6, 6.07) is 4.90. The van der Waals surface area contributed by atoms with Crippen molar-refractivity contribution >= 4 is 21.6 Å². The van der Waals surface area contributed by atoms with Gasteiger partial charge in [0.1, 0.15) is 5.56 Å². The highest BCUT2D eigenvalue weighted by molar-refractivity contribution is 9.09. The van der Waals surface area contributed by atoms with Crippen LogP contribution in [-0.2, 0) is 0 Å². The van der Waals surface area contributed by atoms with Gasteiger partial charge in [0.25, 0.3) is 5.69 Å². The molecule has 0 radical (unpaired) electrons. The van der Waals surface area contributed by atoms with Crippen molar-refractivity contribution in [3.63, 3.8) is 0 Å². The van der Waals surface area contributed by atoms with E-state index in [0.29, 0.717) is 10.9 Å². The van der Waals surface area contributed by atoms with Gasteiger partial charge in [-0.1, -0.05) is 33.8 Å². The SMILES string of the molecule is Cc1ccc([N+](=O)[O-])c(C#CCBr)c1. The van der Waals surface area contributed by atoms with Crippen LogP contribution in [0.5, 0.6) is 0 Å². The van der Waals surface area contributed by atoms with Crippen molar-refractivity contribution in [3.05, 3.63) is 39.4 Å². The molecule has 0 fully saturated rings. The average Bonchev–Trinajstić information content (AvgIpc) is 2.14. The number of hydrogen-bond acceptors (Lipinski definition) is 2. The van der Waals surface area contributed by atoms with Crippen molar-refractivity contribution in [2.75, 3.05) is 5.33 Å². The Kier molecular flexibility index (Phi) is 3.66. The van der Waals surface area contributed by atoms with E-state index < -0.39 is 4.92 Å². The Bertz CT molecular complexity index is 418. The van der Waals surface area contributed by atoms with Crippen LogP contribution in [0, 0.1) is 28.9 Å². The maximum Gasteiger partial charge on any atom is 0.284 e. The van der Waals surface area contributed by atoms with Gasteiger partial charge in [0.2, 0.25) is 0 Å². The molecule has 0 unspecified atom stereocenters. The van der Waals surface area contributed by atoms with E-state index >= 15 is 0 Å². The van der Waals surface area contributed by atoms with E-state index in [1.807, 2.05) is 6.92 Å². The zero-order valence-electron chi connectivity index (χ0n) is 7.58. The predicted molar refractivity (Wildman–Crippen MR) is 58.5 cm³/mol. The fraction of sp³-hybridized carbons (Fsp3) is 0.200. The third-order valence-corrected chi connectivity index (χ3v) is 1.92. The summed E-state index contributed by atoms with van der Waals surface area (Å²) in [6.45, 7) is 1.88. The lowest BCUT2D eigenvalue weighted by Crippen LogP contribution is -1.92. The van der Waals surface area contributed by atoms with Crippen LogP contribution in [0.3, 0.4) is 0 Å². The van der Waals surface area contributed by atoms with E-state index in [0.717, 1.165) is 5.56 Å². The molecule has 0 aliphatic carbocycles. The van der Waals surface area contributed by atoms with Gasteiger partial charge in [0, 0.05) is 6.07 Å². The molecule has 0 atom stereocenters. The fourth-order valence-electron chi connectivity index (χ4n) is 1.04. The first-order valence-corrected chi connectivity index (χ1v) is 5.07. The van der Waals surface area contributed by atoms with Gasteiger partial charge in [0.05, 0.1) is 10.3 Å². The third-order valence-electron chi connectivity index (χ3n) is 1.64. The number of rotatable bonds is 1. The summed E-state index contributed by atoms with van der Waals surface area (Å²) in [5.74, 6) is 5.50. The molecule has 0 saturated heterocycles. The molecular weight excluding hydrogens is 246 g/mol. The number of aryl methyl sites for hydroxylation is 1. The van der Waals surface area contributed by atoms with Crippen molar-refractivity contribution in [3.8, 4) is 11.8 Å². The van der Waals surface area contributed by atoms with Crippen molar-refractivity contribution in [1.82, 2.24) is 0 Å². The Hall–Kier alpha value is -1.34. The highest BCUT2D eigenvalue weighted by atomic mass is 79.9. The quantitative estimate of drug-likeness (QED) is 0.334. The van der Waals surface area contributed by atoms with Crippen LogP contribution in [0.25, 0.3) is 0 Å². The molecule has 72 valence electrons. The molecule has 3 nitrogen and oxygen atoms in total. The minimum atomic E-state index is -0.419. The summed E-state index contributed by atoms with van der Waals surface area (Å²) in [5, 5.41) is 11.1. The van der Waals surface area contributed by atoms with Crippen molar-refractivity contribution < 1.29 is 4.92 Å². The Morgan fingerprint density at radius 1 is 1.57 bits per heavy atom. The fourth-order valence-corrected chi connectivity index (χ4v) is 1.18. The lowest BCUT2D eigenvalue weighted by molar-refractivity contribution is -0.385. The molecule has 0 amide bonds. The predicted octanol–water partition coefficient (Wildman–Crippen LogP) is 2.65. The van der Waals surface area contributed by atoms with Gasteiger partial charge in [-0.15, -0.1) is 0 Å². The Labute approximate surface area is 90.4 Å². The average molecular weight is 254 g/mol. The molecule has 14 heavy (non-hydrogen) atoms. The Balaban J connectivity index is 3.22. The third kappa shape index (κ3) is 2.57. The number of nitro benzene ring substituents is 1. The van der Waals surface area contributed by atoms with Gasteiger partial charge >= 0.3 is 0 Å². The van der Waals surface area contributed by atoms with E-state index in [4.69, 9.17) is 0 Å². The van der Waals surface area contributed by atoms with Crippen LogP contribution < -0.4 is 0 Å². The van der Waals surface area contributed by atoms with Crippen LogP contribution in [0.1, 0.15) is 11.1 Å². The minimum absolute atomic E-state index is 0.0593. The number of hydrogen-bond donors (Lipinski definition) is 0. The van der Waals surface area contributed by atoms with Gasteiger partial charge < -0.3 is 0 Å². The molecule has 0 spiro atoms. The largest absolute Gasteiger partial charge is 0.284 e. The van der Waals surface area contributed by atoms with E-state index in [1.54, 1.807) is 12.1 Å². The van der Waals surface area contributed by atoms with Gasteiger partial charge in [-0.25, -0.2) is 0 Å². The lowest BCUT2D eigenvalue weighted by atomic mass is 10.1. The van der Waals surface area contributed by atoms with E-state index in [9.17, 15) is 10.1 Å². The normalized spacial score (nSPS) is 9.00. The molecule has 1 aromatic rings. The summed E-state index contributed by atoms with van der Waals surface area (Å²) >= 11 is 3.14. The highest BCUT2D eigenvalue weighted by Crippen LogP contribution is 2.18. The second kappa shape index (κ2) is 4.77. The summed E-state index contributed by atoms with van der Waals surface area (Å²) in [7, 11) is 0. The van der Waals surface area contributed by atoms with Crippen LogP contribution >= 0.6 is 15.9 Å². The van der Waals surface area contributed by atoms with Crippen LogP contribution in [0.2, 0.25) is 0 Å². The maximum absolute atomic E-state index is 10.6. The number of nitro groups is 1. The Morgan fingerprint density at radius 2 is 2.29 bits per heavy atom. The van der Waals surface area contributed by atoms with E-state index in [1.165, 1.54) is 6.07 Å². The lowest BCUT2D eigenvalue weighted by Gasteiger charge is -1.96. The molecule has 0 aliphatic rings. The summed E-state index contributed by atoms with van der Waals surface area (Å²) in [6.07, 6.45) is 0. The molecule has 0 N–H and O–H groups in total. The second-order valence-corrected chi connectivity index (χ2v) is 3.27. The highest BCUT2D eigenvalue weighted by Gasteiger charge is 2.10. The Morgan fingerprint density at radius 3 is 2.86 bits per heavy atom. The first-order chi connectivity index (χ1) is 6.65. The van der Waals surface area contributed by atoms with Gasteiger partial charge in [-0.3, -0.25) is 10.1 Å². The maximum atomic E-state index is 10.6. The smallest absolute Gasteiger partial charge is 0.258 e. The van der Waals surface area contributed by atoms with E-state index in [-0.39, 0.29) is 5.69 Å². The van der Waals surface area contributed by atoms with Crippen molar-refractivity contribution in [1.29, 1.82) is 0 Å². The van der Waals surface area contributed by atoms with Crippen LogP contribution in [0.15, 0.2) is 18.2 Å². The van der Waals surface area contributed by atoms with E-state index in [2.05, 4.69) is 27.8 Å². The molecular formula is C10H8BrNO2. The molecule has 0 aliphatic heterocycles. The van der Waals surface area contributed by atoms with Gasteiger partial charge in [-0.05, 0) is 18.6 Å². The summed E-state index contributed by atoms with van der Waals surface area (Å²) in [5.41, 5.74) is 1.49. The van der Waals surface area contributed by atoms with Gasteiger partial charge in [0.15, 0.2) is 0 Å². The summed E-state index contributed by atoms with van der Waals surface area (Å²) < 4.78 is 0. The molecule has 1 aromatic carbocycles. The van der Waals surface area contributed by atoms with Crippen molar-refractivity contribution in [2.24, 2.45) is 0 Å². The monoisotopic (exact) mass is 253 g/mol. The van der Waals surface area contributed by atoms with Gasteiger partial charge in [-0.2, -0.15) is 0 Å². The molecule has 1 rings (SSSR count). The number of benzene rings is 1. The molecule has 4 heteroatoms. The molecule has 0 heterocycles. The van der Waals surface area contributed by atoms with Crippen molar-refractivity contribution in [2.45, 2.75) is 6.92 Å². The second-order valence-electron chi connectivity index (χ2n) is 2.71. The molecule has 0 aromatic heterocycles. The zero-order valence-corrected chi connectivity index (χ0v) is 9.17. The zero-order chi connectivity index (χ0) is 10.6. The van der Waals surface area contributed by atoms with Crippen LogP contribution in [-0.4, -0.2) is 10.3 Å². The minimum Gasteiger partial charge on any atom is -0.258 e. The first kappa shape index (κ1) is 10.7. The van der Waals surface area contributed by atoms with Crippen LogP contribution in [0.4, 0.5) is 5.69 Å². The summed E-state index contributed by atoms with van der Waals surface area (Å²) in [4.78, 5) is 10.2. The number of nitrogens with zero attached hydrogens (tertiary/aromatic N) is 1. The number of alkyl halides is 1. The molecule has 0 bridgehead atoms. The number of halogens is 1. The topological polar surface area (TPSA) is 43.1 Å². The first-order valence-electron chi connectivity index (χ1n) is 3.95.